The molecule has 1 saturated carbocycles. The van der Waals surface area contributed by atoms with Gasteiger partial charge in [0.2, 0.25) is 0 Å². The maximum absolute atomic E-state index is 13.6. The Morgan fingerprint density at radius 1 is 1.06 bits per heavy atom. The van der Waals surface area contributed by atoms with Gasteiger partial charge in [0.15, 0.2) is 0 Å². The van der Waals surface area contributed by atoms with Crippen molar-refractivity contribution < 1.29 is 9.18 Å². The number of urea groups is 1. The number of hydrogen-bond acceptors (Lipinski definition) is 1. The van der Waals surface area contributed by atoms with Crippen molar-refractivity contribution in [2.24, 2.45) is 0 Å². The predicted octanol–water partition coefficient (Wildman–Crippen LogP) is 6.70. The third-order valence-electron chi connectivity index (χ3n) is 5.87. The molecule has 1 aliphatic rings. The second kappa shape index (κ2) is 10.0. The van der Waals surface area contributed by atoms with Crippen molar-refractivity contribution in [3.05, 3.63) is 89.0 Å². The minimum absolute atomic E-state index is 0.104. The Morgan fingerprint density at radius 2 is 1.84 bits per heavy atom. The van der Waals surface area contributed by atoms with Gasteiger partial charge in [-0.25, -0.2) is 9.18 Å². The number of nitrogens with zero attached hydrogens (tertiary/aromatic N) is 2. The van der Waals surface area contributed by atoms with Crippen molar-refractivity contribution in [3.63, 3.8) is 0 Å². The lowest BCUT2D eigenvalue weighted by Crippen LogP contribution is -2.43. The minimum atomic E-state index is -0.239. The summed E-state index contributed by atoms with van der Waals surface area (Å²) in [5.74, 6) is -0.239. The van der Waals surface area contributed by atoms with Gasteiger partial charge in [-0.05, 0) is 66.9 Å². The average Bonchev–Trinajstić information content (AvgIpc) is 3.21. The average molecular weight is 440 g/mol. The van der Waals surface area contributed by atoms with Crippen LogP contribution in [0.3, 0.4) is 0 Å². The SMILES string of the molecule is O=C(Nc1ccc(Cl)cc1)N(Cc1cccn1Cc1cccc(F)c1)C1CCCCC1. The van der Waals surface area contributed by atoms with E-state index in [4.69, 9.17) is 11.6 Å². The fourth-order valence-electron chi connectivity index (χ4n) is 4.24. The van der Waals surface area contributed by atoms with Gasteiger partial charge in [0, 0.05) is 35.2 Å². The van der Waals surface area contributed by atoms with Crippen LogP contribution in [-0.2, 0) is 13.1 Å². The van der Waals surface area contributed by atoms with Crippen LogP contribution in [0.15, 0.2) is 66.9 Å². The van der Waals surface area contributed by atoms with Gasteiger partial charge in [0.05, 0.1) is 6.54 Å². The number of carbonyl (C=O) groups is 1. The Morgan fingerprint density at radius 3 is 2.58 bits per heavy atom. The number of carbonyl (C=O) groups excluding carboxylic acids is 1. The number of benzene rings is 2. The normalized spacial score (nSPS) is 14.4. The van der Waals surface area contributed by atoms with Crippen LogP contribution in [0.5, 0.6) is 0 Å². The zero-order valence-corrected chi connectivity index (χ0v) is 18.2. The number of rotatable bonds is 6. The van der Waals surface area contributed by atoms with Gasteiger partial charge in [0.1, 0.15) is 5.82 Å². The molecule has 31 heavy (non-hydrogen) atoms. The molecule has 3 aromatic rings. The van der Waals surface area contributed by atoms with Crippen LogP contribution in [0, 0.1) is 5.82 Å². The minimum Gasteiger partial charge on any atom is -0.345 e. The maximum Gasteiger partial charge on any atom is 0.322 e. The van der Waals surface area contributed by atoms with Gasteiger partial charge >= 0.3 is 6.03 Å². The summed E-state index contributed by atoms with van der Waals surface area (Å²) in [6, 6.07) is 17.9. The summed E-state index contributed by atoms with van der Waals surface area (Å²) < 4.78 is 15.7. The first-order valence-corrected chi connectivity index (χ1v) is 11.2. The molecule has 2 aromatic carbocycles. The lowest BCUT2D eigenvalue weighted by molar-refractivity contribution is 0.161. The van der Waals surface area contributed by atoms with Crippen LogP contribution in [0.2, 0.25) is 5.02 Å². The molecule has 0 bridgehead atoms. The van der Waals surface area contributed by atoms with Crippen LogP contribution in [-0.4, -0.2) is 21.5 Å². The molecule has 2 amide bonds. The number of anilines is 1. The lowest BCUT2D eigenvalue weighted by atomic mass is 9.94. The molecule has 4 rings (SSSR count). The van der Waals surface area contributed by atoms with E-state index in [-0.39, 0.29) is 17.9 Å². The van der Waals surface area contributed by atoms with Crippen LogP contribution >= 0.6 is 11.6 Å². The molecular formula is C25H27ClFN3O. The second-order valence-electron chi connectivity index (χ2n) is 8.11. The van der Waals surface area contributed by atoms with Gasteiger partial charge in [-0.1, -0.05) is 43.0 Å². The van der Waals surface area contributed by atoms with E-state index in [1.807, 2.05) is 41.4 Å². The maximum atomic E-state index is 13.6. The van der Waals surface area contributed by atoms with Gasteiger partial charge in [-0.3, -0.25) is 0 Å². The van der Waals surface area contributed by atoms with Crippen molar-refractivity contribution in [2.75, 3.05) is 5.32 Å². The van der Waals surface area contributed by atoms with Crippen molar-refractivity contribution in [1.29, 1.82) is 0 Å². The number of hydrogen-bond donors (Lipinski definition) is 1. The van der Waals surface area contributed by atoms with Gasteiger partial charge in [-0.15, -0.1) is 0 Å². The Labute approximate surface area is 187 Å². The molecule has 0 atom stereocenters. The third kappa shape index (κ3) is 5.67. The van der Waals surface area contributed by atoms with E-state index in [0.29, 0.717) is 18.1 Å². The van der Waals surface area contributed by atoms with Gasteiger partial charge in [0.25, 0.3) is 0 Å². The van der Waals surface area contributed by atoms with E-state index in [1.165, 1.54) is 12.5 Å². The van der Waals surface area contributed by atoms with Crippen molar-refractivity contribution >= 4 is 23.3 Å². The zero-order valence-electron chi connectivity index (χ0n) is 17.4. The second-order valence-corrected chi connectivity index (χ2v) is 8.55. The van der Waals surface area contributed by atoms with E-state index < -0.39 is 0 Å². The fourth-order valence-corrected chi connectivity index (χ4v) is 4.37. The van der Waals surface area contributed by atoms with Crippen LogP contribution < -0.4 is 5.32 Å². The first-order valence-electron chi connectivity index (χ1n) is 10.8. The summed E-state index contributed by atoms with van der Waals surface area (Å²) in [6.45, 7) is 1.07. The van der Waals surface area contributed by atoms with E-state index in [1.54, 1.807) is 24.3 Å². The highest BCUT2D eigenvalue weighted by atomic mass is 35.5. The van der Waals surface area contributed by atoms with E-state index >= 15 is 0 Å². The molecule has 0 spiro atoms. The molecule has 4 nitrogen and oxygen atoms in total. The van der Waals surface area contributed by atoms with Crippen molar-refractivity contribution in [3.8, 4) is 0 Å². The molecule has 162 valence electrons. The molecule has 0 unspecified atom stereocenters. The zero-order chi connectivity index (χ0) is 21.6. The molecule has 1 aliphatic carbocycles. The Kier molecular flexibility index (Phi) is 6.92. The Balaban J connectivity index is 1.53. The van der Waals surface area contributed by atoms with Crippen molar-refractivity contribution in [2.45, 2.75) is 51.2 Å². The molecule has 1 heterocycles. The fraction of sp³-hybridized carbons (Fsp3) is 0.320. The van der Waals surface area contributed by atoms with E-state index in [9.17, 15) is 9.18 Å². The highest BCUT2D eigenvalue weighted by Gasteiger charge is 2.26. The number of amides is 2. The van der Waals surface area contributed by atoms with Crippen molar-refractivity contribution in [1.82, 2.24) is 9.47 Å². The van der Waals surface area contributed by atoms with E-state index in [0.717, 1.165) is 42.6 Å². The molecule has 0 radical (unpaired) electrons. The highest BCUT2D eigenvalue weighted by molar-refractivity contribution is 6.30. The summed E-state index contributed by atoms with van der Waals surface area (Å²) in [4.78, 5) is 15.2. The third-order valence-corrected chi connectivity index (χ3v) is 6.12. The predicted molar refractivity (Wildman–Crippen MR) is 123 cm³/mol. The Hall–Kier alpha value is -2.79. The molecular weight excluding hydrogens is 413 g/mol. The first-order chi connectivity index (χ1) is 15.1. The molecule has 1 aromatic heterocycles. The van der Waals surface area contributed by atoms with Crippen LogP contribution in [0.25, 0.3) is 0 Å². The molecule has 6 heteroatoms. The number of halogens is 2. The standard InChI is InChI=1S/C25H27ClFN3O/c26-20-11-13-22(14-12-20)28-25(31)30(23-8-2-1-3-9-23)18-24-10-5-15-29(24)17-19-6-4-7-21(27)16-19/h4-7,10-16,23H,1-3,8-9,17-18H2,(H,28,31). The van der Waals surface area contributed by atoms with Crippen LogP contribution in [0.1, 0.15) is 43.4 Å². The largest absolute Gasteiger partial charge is 0.345 e. The summed E-state index contributed by atoms with van der Waals surface area (Å²) in [6.07, 6.45) is 7.51. The number of nitrogens with one attached hydrogen (secondary N) is 1. The molecule has 0 aliphatic heterocycles. The van der Waals surface area contributed by atoms with Crippen LogP contribution in [0.4, 0.5) is 14.9 Å². The summed E-state index contributed by atoms with van der Waals surface area (Å²) in [7, 11) is 0. The highest BCUT2D eigenvalue weighted by Crippen LogP contribution is 2.26. The topological polar surface area (TPSA) is 37.3 Å². The Bertz CT molecular complexity index is 1010. The summed E-state index contributed by atoms with van der Waals surface area (Å²) in [5.41, 5.74) is 2.65. The first kappa shape index (κ1) is 21.4. The lowest BCUT2D eigenvalue weighted by Gasteiger charge is -2.34. The number of aromatic nitrogens is 1. The van der Waals surface area contributed by atoms with Gasteiger partial charge in [-0.2, -0.15) is 0 Å². The van der Waals surface area contributed by atoms with Gasteiger partial charge < -0.3 is 14.8 Å². The van der Waals surface area contributed by atoms with E-state index in [2.05, 4.69) is 9.88 Å². The summed E-state index contributed by atoms with van der Waals surface area (Å²) >= 11 is 5.97. The monoisotopic (exact) mass is 439 g/mol. The summed E-state index contributed by atoms with van der Waals surface area (Å²) in [5, 5.41) is 3.66. The quantitative estimate of drug-likeness (QED) is 0.456. The molecule has 1 fully saturated rings. The smallest absolute Gasteiger partial charge is 0.322 e. The molecule has 0 saturated heterocycles. The molecule has 1 N–H and O–H groups in total.